The second-order valence-corrected chi connectivity index (χ2v) is 4.72. The van der Waals surface area contributed by atoms with Gasteiger partial charge < -0.3 is 15.1 Å². The number of piperazine rings is 1. The molecule has 7 nitrogen and oxygen atoms in total. The van der Waals surface area contributed by atoms with Crippen LogP contribution in [0.2, 0.25) is 0 Å². The molecule has 2 heterocycles. The number of aromatic nitrogens is 3. The number of hydrogen-bond acceptors (Lipinski definition) is 6. The van der Waals surface area contributed by atoms with E-state index in [1.54, 1.807) is 11.1 Å². The van der Waals surface area contributed by atoms with Crippen molar-refractivity contribution in [3.8, 4) is 0 Å². The Morgan fingerprint density at radius 2 is 2.16 bits per heavy atom. The number of nitrogens with zero attached hydrogens (tertiary/aromatic N) is 5. The molecule has 2 rings (SSSR count). The van der Waals surface area contributed by atoms with Gasteiger partial charge in [0.1, 0.15) is 0 Å². The van der Waals surface area contributed by atoms with Gasteiger partial charge in [0.05, 0.1) is 6.20 Å². The lowest BCUT2D eigenvalue weighted by molar-refractivity contribution is -0.118. The van der Waals surface area contributed by atoms with E-state index in [2.05, 4.69) is 39.2 Å². The van der Waals surface area contributed by atoms with Crippen LogP contribution in [0.3, 0.4) is 0 Å². The summed E-state index contributed by atoms with van der Waals surface area (Å²) in [5, 5.41) is 11.3. The average Bonchev–Trinajstić information content (AvgIpc) is 2.47. The van der Waals surface area contributed by atoms with Gasteiger partial charge >= 0.3 is 0 Å². The molecule has 7 heteroatoms. The Hall–Kier alpha value is -1.92. The van der Waals surface area contributed by atoms with Crippen LogP contribution < -0.4 is 10.2 Å². The predicted molar refractivity (Wildman–Crippen MR) is 73.1 cm³/mol. The fourth-order valence-electron chi connectivity index (χ4n) is 1.88. The summed E-state index contributed by atoms with van der Waals surface area (Å²) in [5.74, 6) is 1.37. The molecule has 104 valence electrons. The van der Waals surface area contributed by atoms with Crippen LogP contribution in [0.15, 0.2) is 6.20 Å². The Bertz CT molecular complexity index is 418. The topological polar surface area (TPSA) is 74.2 Å². The number of anilines is 2. The molecule has 0 spiro atoms. The maximum absolute atomic E-state index is 10.7. The molecule has 0 saturated carbocycles. The van der Waals surface area contributed by atoms with Crippen molar-refractivity contribution in [2.24, 2.45) is 0 Å². The standard InChI is InChI=1S/C12H20N6O/c1-3-10(2)14-11-8-13-16-12(15-11)18-6-4-17(9-19)5-7-18/h8-10H,3-7H2,1-2H3,(H,14,15,16). The molecule has 1 atom stereocenters. The highest BCUT2D eigenvalue weighted by Crippen LogP contribution is 2.12. The molecule has 19 heavy (non-hydrogen) atoms. The van der Waals surface area contributed by atoms with Crippen molar-refractivity contribution >= 4 is 18.2 Å². The van der Waals surface area contributed by atoms with Crippen molar-refractivity contribution in [2.45, 2.75) is 26.3 Å². The molecule has 0 aliphatic carbocycles. The summed E-state index contributed by atoms with van der Waals surface area (Å²) in [6.45, 7) is 7.11. The summed E-state index contributed by atoms with van der Waals surface area (Å²) < 4.78 is 0. The lowest BCUT2D eigenvalue weighted by Gasteiger charge is -2.32. The maximum atomic E-state index is 10.7. The fraction of sp³-hybridized carbons (Fsp3) is 0.667. The second kappa shape index (κ2) is 6.31. The third kappa shape index (κ3) is 3.52. The van der Waals surface area contributed by atoms with Gasteiger partial charge in [-0.2, -0.15) is 10.1 Å². The first-order chi connectivity index (χ1) is 9.22. The van der Waals surface area contributed by atoms with Crippen LogP contribution >= 0.6 is 0 Å². The van der Waals surface area contributed by atoms with Crippen molar-refractivity contribution in [1.29, 1.82) is 0 Å². The molecule has 1 aromatic heterocycles. The van der Waals surface area contributed by atoms with Crippen molar-refractivity contribution in [1.82, 2.24) is 20.1 Å². The zero-order valence-electron chi connectivity index (χ0n) is 11.4. The van der Waals surface area contributed by atoms with E-state index in [1.807, 2.05) is 0 Å². The monoisotopic (exact) mass is 264 g/mol. The summed E-state index contributed by atoms with van der Waals surface area (Å²) in [5.41, 5.74) is 0. The van der Waals surface area contributed by atoms with E-state index in [0.717, 1.165) is 31.7 Å². The number of nitrogens with one attached hydrogen (secondary N) is 1. The third-order valence-corrected chi connectivity index (χ3v) is 3.30. The highest BCUT2D eigenvalue weighted by molar-refractivity contribution is 5.48. The summed E-state index contributed by atoms with van der Waals surface area (Å²) in [6.07, 6.45) is 3.55. The summed E-state index contributed by atoms with van der Waals surface area (Å²) in [4.78, 5) is 18.9. The Kier molecular flexibility index (Phi) is 4.48. The van der Waals surface area contributed by atoms with Crippen LogP contribution in [0.25, 0.3) is 0 Å². The molecular weight excluding hydrogens is 244 g/mol. The van der Waals surface area contributed by atoms with E-state index < -0.39 is 0 Å². The zero-order valence-corrected chi connectivity index (χ0v) is 11.4. The van der Waals surface area contributed by atoms with E-state index in [0.29, 0.717) is 25.1 Å². The van der Waals surface area contributed by atoms with Gasteiger partial charge in [0.2, 0.25) is 12.4 Å². The lowest BCUT2D eigenvalue weighted by Crippen LogP contribution is -2.46. The van der Waals surface area contributed by atoms with Crippen LogP contribution in [0.5, 0.6) is 0 Å². The third-order valence-electron chi connectivity index (χ3n) is 3.30. The summed E-state index contributed by atoms with van der Waals surface area (Å²) >= 11 is 0. The van der Waals surface area contributed by atoms with Crippen LogP contribution in [-0.2, 0) is 4.79 Å². The van der Waals surface area contributed by atoms with Crippen LogP contribution in [0, 0.1) is 0 Å². The molecule has 1 fully saturated rings. The molecule has 1 unspecified atom stereocenters. The minimum atomic E-state index is 0.358. The predicted octanol–water partition coefficient (Wildman–Crippen LogP) is 0.360. The Morgan fingerprint density at radius 3 is 2.79 bits per heavy atom. The van der Waals surface area contributed by atoms with Gasteiger partial charge in [0.15, 0.2) is 5.82 Å². The first-order valence-corrected chi connectivity index (χ1v) is 6.63. The number of amides is 1. The van der Waals surface area contributed by atoms with E-state index in [9.17, 15) is 4.79 Å². The van der Waals surface area contributed by atoms with Gasteiger partial charge in [-0.05, 0) is 13.3 Å². The summed E-state index contributed by atoms with van der Waals surface area (Å²) in [7, 11) is 0. The Morgan fingerprint density at radius 1 is 1.42 bits per heavy atom. The van der Waals surface area contributed by atoms with Crippen molar-refractivity contribution in [2.75, 3.05) is 36.4 Å². The zero-order chi connectivity index (χ0) is 13.7. The number of rotatable bonds is 5. The van der Waals surface area contributed by atoms with Gasteiger partial charge in [-0.25, -0.2) is 0 Å². The minimum Gasteiger partial charge on any atom is -0.366 e. The number of carbonyl (C=O) groups excluding carboxylic acids is 1. The van der Waals surface area contributed by atoms with E-state index in [4.69, 9.17) is 0 Å². The molecule has 0 radical (unpaired) electrons. The van der Waals surface area contributed by atoms with Crippen molar-refractivity contribution in [3.63, 3.8) is 0 Å². The SMILES string of the molecule is CCC(C)Nc1cnnc(N2CCN(C=O)CC2)n1. The molecule has 0 bridgehead atoms. The first-order valence-electron chi connectivity index (χ1n) is 6.63. The largest absolute Gasteiger partial charge is 0.366 e. The summed E-state index contributed by atoms with van der Waals surface area (Å²) in [6, 6.07) is 0.358. The molecule has 0 aromatic carbocycles. The van der Waals surface area contributed by atoms with Crippen molar-refractivity contribution < 1.29 is 4.79 Å². The second-order valence-electron chi connectivity index (χ2n) is 4.72. The van der Waals surface area contributed by atoms with E-state index >= 15 is 0 Å². The average molecular weight is 264 g/mol. The molecular formula is C12H20N6O. The van der Waals surface area contributed by atoms with Crippen LogP contribution in [0.4, 0.5) is 11.8 Å². The molecule has 1 aromatic rings. The van der Waals surface area contributed by atoms with Gasteiger partial charge in [-0.3, -0.25) is 4.79 Å². The molecule has 1 aliphatic rings. The molecule has 1 amide bonds. The molecule has 1 N–H and O–H groups in total. The maximum Gasteiger partial charge on any atom is 0.247 e. The van der Waals surface area contributed by atoms with Crippen molar-refractivity contribution in [3.05, 3.63) is 6.20 Å². The quantitative estimate of drug-likeness (QED) is 0.774. The molecule has 1 saturated heterocycles. The van der Waals surface area contributed by atoms with Crippen LogP contribution in [0.1, 0.15) is 20.3 Å². The van der Waals surface area contributed by atoms with E-state index in [1.165, 1.54) is 0 Å². The Balaban J connectivity index is 2.00. The normalized spacial score (nSPS) is 17.2. The first kappa shape index (κ1) is 13.5. The number of carbonyl (C=O) groups is 1. The smallest absolute Gasteiger partial charge is 0.247 e. The van der Waals surface area contributed by atoms with E-state index in [-0.39, 0.29) is 0 Å². The lowest BCUT2D eigenvalue weighted by atomic mass is 10.3. The Labute approximate surface area is 113 Å². The van der Waals surface area contributed by atoms with Gasteiger partial charge in [-0.15, -0.1) is 5.10 Å². The molecule has 1 aliphatic heterocycles. The number of hydrogen-bond donors (Lipinski definition) is 1. The van der Waals surface area contributed by atoms with Gasteiger partial charge in [0, 0.05) is 32.2 Å². The van der Waals surface area contributed by atoms with Crippen LogP contribution in [-0.4, -0.2) is 58.7 Å². The minimum absolute atomic E-state index is 0.358. The fourth-order valence-corrected chi connectivity index (χ4v) is 1.88. The highest BCUT2D eigenvalue weighted by Gasteiger charge is 2.18. The highest BCUT2D eigenvalue weighted by atomic mass is 16.1. The van der Waals surface area contributed by atoms with Gasteiger partial charge in [-0.1, -0.05) is 6.92 Å². The van der Waals surface area contributed by atoms with Gasteiger partial charge in [0.25, 0.3) is 0 Å².